The standard InChI is InChI=1S/C16H20N2O4/c1-21-9-7-18(8-10-22-2)16(20)14(12-17)11-13-3-5-15(19)6-4-13/h3-6,11,19H,7-10H2,1-2H3/b14-11+. The van der Waals surface area contributed by atoms with Crippen LogP contribution in [-0.2, 0) is 14.3 Å². The third-order valence-electron chi connectivity index (χ3n) is 2.97. The van der Waals surface area contributed by atoms with Crippen LogP contribution in [0.4, 0.5) is 0 Å². The van der Waals surface area contributed by atoms with E-state index in [-0.39, 0.29) is 17.2 Å². The molecule has 0 unspecified atom stereocenters. The van der Waals surface area contributed by atoms with E-state index in [0.717, 1.165) is 0 Å². The second-order valence-corrected chi connectivity index (χ2v) is 4.54. The number of hydrogen-bond acceptors (Lipinski definition) is 5. The predicted molar refractivity (Wildman–Crippen MR) is 82.0 cm³/mol. The smallest absolute Gasteiger partial charge is 0.264 e. The number of methoxy groups -OCH3 is 2. The first-order valence-electron chi connectivity index (χ1n) is 6.80. The summed E-state index contributed by atoms with van der Waals surface area (Å²) in [5.41, 5.74) is 0.694. The summed E-state index contributed by atoms with van der Waals surface area (Å²) >= 11 is 0. The highest BCUT2D eigenvalue weighted by atomic mass is 16.5. The van der Waals surface area contributed by atoms with Gasteiger partial charge in [-0.05, 0) is 23.8 Å². The number of carbonyl (C=O) groups is 1. The second kappa shape index (κ2) is 9.55. The highest BCUT2D eigenvalue weighted by molar-refractivity contribution is 6.01. The molecule has 0 spiro atoms. The van der Waals surface area contributed by atoms with Gasteiger partial charge < -0.3 is 19.5 Å². The van der Waals surface area contributed by atoms with E-state index < -0.39 is 0 Å². The molecular formula is C16H20N2O4. The van der Waals surface area contributed by atoms with Crippen LogP contribution in [0.2, 0.25) is 0 Å². The van der Waals surface area contributed by atoms with Gasteiger partial charge in [-0.2, -0.15) is 5.26 Å². The molecule has 0 fully saturated rings. The lowest BCUT2D eigenvalue weighted by Crippen LogP contribution is -2.37. The van der Waals surface area contributed by atoms with Gasteiger partial charge in [-0.3, -0.25) is 4.79 Å². The molecule has 1 aromatic carbocycles. The molecule has 0 radical (unpaired) electrons. The number of benzene rings is 1. The van der Waals surface area contributed by atoms with Gasteiger partial charge in [-0.25, -0.2) is 0 Å². The summed E-state index contributed by atoms with van der Waals surface area (Å²) in [5, 5.41) is 18.5. The second-order valence-electron chi connectivity index (χ2n) is 4.54. The summed E-state index contributed by atoms with van der Waals surface area (Å²) in [4.78, 5) is 13.9. The molecule has 0 heterocycles. The largest absolute Gasteiger partial charge is 0.508 e. The van der Waals surface area contributed by atoms with Crippen LogP contribution in [0, 0.1) is 11.3 Å². The number of phenolic OH excluding ortho intramolecular Hbond substituents is 1. The van der Waals surface area contributed by atoms with Crippen molar-refractivity contribution in [1.29, 1.82) is 5.26 Å². The Morgan fingerprint density at radius 2 is 1.77 bits per heavy atom. The van der Waals surface area contributed by atoms with E-state index in [2.05, 4.69) is 0 Å². The van der Waals surface area contributed by atoms with Crippen LogP contribution >= 0.6 is 0 Å². The third-order valence-corrected chi connectivity index (χ3v) is 2.97. The highest BCUT2D eigenvalue weighted by Gasteiger charge is 2.17. The van der Waals surface area contributed by atoms with Gasteiger partial charge >= 0.3 is 0 Å². The zero-order chi connectivity index (χ0) is 16.4. The maximum Gasteiger partial charge on any atom is 0.264 e. The lowest BCUT2D eigenvalue weighted by Gasteiger charge is -2.21. The molecule has 0 atom stereocenters. The lowest BCUT2D eigenvalue weighted by atomic mass is 10.1. The topological polar surface area (TPSA) is 82.8 Å². The van der Waals surface area contributed by atoms with Crippen LogP contribution in [-0.4, -0.2) is 56.4 Å². The minimum Gasteiger partial charge on any atom is -0.508 e. The van der Waals surface area contributed by atoms with Gasteiger partial charge in [0.1, 0.15) is 17.4 Å². The van der Waals surface area contributed by atoms with E-state index in [1.165, 1.54) is 23.1 Å². The molecule has 0 bridgehead atoms. The molecule has 0 saturated carbocycles. The molecule has 1 rings (SSSR count). The predicted octanol–water partition coefficient (Wildman–Crippen LogP) is 1.42. The van der Waals surface area contributed by atoms with E-state index in [0.29, 0.717) is 31.9 Å². The summed E-state index contributed by atoms with van der Waals surface area (Å²) in [6.45, 7) is 1.53. The molecular weight excluding hydrogens is 284 g/mol. The van der Waals surface area contributed by atoms with Crippen LogP contribution in [0.15, 0.2) is 29.8 Å². The number of aromatic hydroxyl groups is 1. The number of carbonyl (C=O) groups excluding carboxylic acids is 1. The molecule has 6 nitrogen and oxygen atoms in total. The Balaban J connectivity index is 2.91. The Bertz CT molecular complexity index is 538. The molecule has 0 aliphatic carbocycles. The zero-order valence-electron chi connectivity index (χ0n) is 12.8. The molecule has 22 heavy (non-hydrogen) atoms. The van der Waals surface area contributed by atoms with Crippen molar-refractivity contribution in [3.63, 3.8) is 0 Å². The van der Waals surface area contributed by atoms with E-state index in [1.54, 1.807) is 26.4 Å². The minimum absolute atomic E-state index is 0.0258. The van der Waals surface area contributed by atoms with Gasteiger partial charge in [0.2, 0.25) is 0 Å². The first-order chi connectivity index (χ1) is 10.6. The summed E-state index contributed by atoms with van der Waals surface area (Å²) in [7, 11) is 3.10. The Kier molecular flexibility index (Phi) is 7.68. The Morgan fingerprint density at radius 3 is 2.23 bits per heavy atom. The van der Waals surface area contributed by atoms with Crippen molar-refractivity contribution >= 4 is 12.0 Å². The van der Waals surface area contributed by atoms with Crippen LogP contribution in [0.5, 0.6) is 5.75 Å². The maximum absolute atomic E-state index is 12.4. The number of rotatable bonds is 8. The van der Waals surface area contributed by atoms with Crippen LogP contribution in [0.25, 0.3) is 6.08 Å². The fourth-order valence-electron chi connectivity index (χ4n) is 1.77. The van der Waals surface area contributed by atoms with E-state index in [9.17, 15) is 15.2 Å². The molecule has 0 aliphatic heterocycles. The quantitative estimate of drug-likeness (QED) is 0.580. The monoisotopic (exact) mass is 304 g/mol. The normalized spacial score (nSPS) is 11.0. The minimum atomic E-state index is -0.371. The van der Waals surface area contributed by atoms with E-state index >= 15 is 0 Å². The number of hydrogen-bond donors (Lipinski definition) is 1. The average Bonchev–Trinajstić information content (AvgIpc) is 2.54. The summed E-state index contributed by atoms with van der Waals surface area (Å²) in [5.74, 6) is -0.242. The van der Waals surface area contributed by atoms with E-state index in [4.69, 9.17) is 9.47 Å². The average molecular weight is 304 g/mol. The molecule has 1 aromatic rings. The van der Waals surface area contributed by atoms with Crippen molar-refractivity contribution in [1.82, 2.24) is 4.90 Å². The summed E-state index contributed by atoms with van der Waals surface area (Å²) < 4.78 is 9.96. The molecule has 6 heteroatoms. The van der Waals surface area contributed by atoms with Gasteiger partial charge in [0.15, 0.2) is 0 Å². The Hall–Kier alpha value is -2.36. The maximum atomic E-state index is 12.4. The molecule has 1 N–H and O–H groups in total. The SMILES string of the molecule is COCCN(CCOC)C(=O)/C(C#N)=C/c1ccc(O)cc1. The van der Waals surface area contributed by atoms with E-state index in [1.807, 2.05) is 6.07 Å². The lowest BCUT2D eigenvalue weighted by molar-refractivity contribution is -0.127. The van der Waals surface area contributed by atoms with Gasteiger partial charge in [0, 0.05) is 27.3 Å². The van der Waals surface area contributed by atoms with Crippen LogP contribution in [0.1, 0.15) is 5.56 Å². The summed E-state index contributed by atoms with van der Waals surface area (Å²) in [6, 6.07) is 8.19. The van der Waals surface area contributed by atoms with Crippen LogP contribution < -0.4 is 0 Å². The van der Waals surface area contributed by atoms with Crippen molar-refractivity contribution in [3.05, 3.63) is 35.4 Å². The number of ether oxygens (including phenoxy) is 2. The van der Waals surface area contributed by atoms with Gasteiger partial charge in [0.05, 0.1) is 13.2 Å². The fraction of sp³-hybridized carbons (Fsp3) is 0.375. The molecule has 118 valence electrons. The number of nitriles is 1. The van der Waals surface area contributed by atoms with Crippen molar-refractivity contribution in [2.45, 2.75) is 0 Å². The molecule has 1 amide bonds. The number of amides is 1. The number of nitrogens with zero attached hydrogens (tertiary/aromatic N) is 2. The first kappa shape index (κ1) is 17.7. The van der Waals surface area contributed by atoms with Crippen molar-refractivity contribution in [2.24, 2.45) is 0 Å². The van der Waals surface area contributed by atoms with Crippen molar-refractivity contribution < 1.29 is 19.4 Å². The Morgan fingerprint density at radius 1 is 1.23 bits per heavy atom. The number of phenols is 1. The van der Waals surface area contributed by atoms with Crippen LogP contribution in [0.3, 0.4) is 0 Å². The molecule has 0 aliphatic rings. The Labute approximate surface area is 130 Å². The summed E-state index contributed by atoms with van der Waals surface area (Å²) in [6.07, 6.45) is 1.49. The van der Waals surface area contributed by atoms with Crippen molar-refractivity contribution in [2.75, 3.05) is 40.5 Å². The van der Waals surface area contributed by atoms with Crippen molar-refractivity contribution in [3.8, 4) is 11.8 Å². The van der Waals surface area contributed by atoms with Gasteiger partial charge in [-0.1, -0.05) is 12.1 Å². The fourth-order valence-corrected chi connectivity index (χ4v) is 1.77. The molecule has 0 aromatic heterocycles. The molecule has 0 saturated heterocycles. The van der Waals surface area contributed by atoms with Gasteiger partial charge in [-0.15, -0.1) is 0 Å². The van der Waals surface area contributed by atoms with Gasteiger partial charge in [0.25, 0.3) is 5.91 Å². The first-order valence-corrected chi connectivity index (χ1v) is 6.80. The highest BCUT2D eigenvalue weighted by Crippen LogP contribution is 2.14. The zero-order valence-corrected chi connectivity index (χ0v) is 12.8. The third kappa shape index (κ3) is 5.56.